The molecule has 0 unspecified atom stereocenters. The average molecular weight is 873 g/mol. The lowest BCUT2D eigenvalue weighted by molar-refractivity contribution is 0.667. The Labute approximate surface area is 393 Å². The van der Waals surface area contributed by atoms with Gasteiger partial charge in [0.25, 0.3) is 0 Å². The second kappa shape index (κ2) is 16.3. The average Bonchev–Trinajstić information content (AvgIpc) is 3.93. The van der Waals surface area contributed by atoms with Crippen LogP contribution in [0, 0.1) is 36.5 Å². The Bertz CT molecular complexity index is 3750. The fourth-order valence-corrected chi connectivity index (χ4v) is 9.79. The van der Waals surface area contributed by atoms with Crippen LogP contribution in [0.5, 0.6) is 0 Å². The Balaban J connectivity index is 0.978. The van der Waals surface area contributed by atoms with E-state index in [4.69, 9.17) is 8.83 Å². The second-order valence-corrected chi connectivity index (χ2v) is 17.3. The summed E-state index contributed by atoms with van der Waals surface area (Å²) in [5.74, 6) is 0. The van der Waals surface area contributed by atoms with E-state index >= 15 is 0 Å². The van der Waals surface area contributed by atoms with Gasteiger partial charge in [0.05, 0.1) is 0 Å². The highest BCUT2D eigenvalue weighted by Gasteiger charge is 2.24. The van der Waals surface area contributed by atoms with Crippen LogP contribution in [0.25, 0.3) is 76.9 Å². The van der Waals surface area contributed by atoms with Crippen LogP contribution < -0.4 is 9.80 Å². The predicted octanol–water partition coefficient (Wildman–Crippen LogP) is 17.3. The first-order chi connectivity index (χ1) is 33.4. The minimum atomic E-state index is 0.298. The second-order valence-electron chi connectivity index (χ2n) is 17.3. The molecule has 320 valence electrons. The number of nitrogens with zero attached hydrogens (tertiary/aromatic N) is 4. The van der Waals surface area contributed by atoms with Crippen LogP contribution >= 0.6 is 0 Å². The summed E-state index contributed by atoms with van der Waals surface area (Å²) in [5.41, 5.74) is 15.4. The summed E-state index contributed by atoms with van der Waals surface area (Å²) in [6.45, 7) is 4.19. The quantitative estimate of drug-likeness (QED) is 0.151. The van der Waals surface area contributed by atoms with Crippen molar-refractivity contribution < 1.29 is 8.83 Å². The number of nitriles is 2. The maximum Gasteiger partial charge on any atom is 0.153 e. The first kappa shape index (κ1) is 40.2. The first-order valence-corrected chi connectivity index (χ1v) is 22.6. The smallest absolute Gasteiger partial charge is 0.153 e. The molecule has 0 N–H and O–H groups in total. The van der Waals surface area contributed by atoms with Crippen LogP contribution in [-0.2, 0) is 0 Å². The van der Waals surface area contributed by atoms with Gasteiger partial charge in [0.15, 0.2) is 11.2 Å². The highest BCUT2D eigenvalue weighted by molar-refractivity contribution is 6.20. The summed E-state index contributed by atoms with van der Waals surface area (Å²) >= 11 is 0. The zero-order chi connectivity index (χ0) is 45.9. The van der Waals surface area contributed by atoms with Gasteiger partial charge in [-0.1, -0.05) is 109 Å². The molecule has 0 aliphatic rings. The van der Waals surface area contributed by atoms with Crippen molar-refractivity contribution in [3.8, 4) is 34.4 Å². The fraction of sp³-hybridized carbons (Fsp3) is 0.0323. The molecule has 0 fully saturated rings. The Morgan fingerprint density at radius 1 is 0.353 bits per heavy atom. The van der Waals surface area contributed by atoms with Gasteiger partial charge in [0.1, 0.15) is 34.4 Å². The van der Waals surface area contributed by atoms with Gasteiger partial charge in [-0.25, -0.2) is 0 Å². The first-order valence-electron chi connectivity index (χ1n) is 22.6. The van der Waals surface area contributed by atoms with Crippen molar-refractivity contribution >= 4 is 88.8 Å². The lowest BCUT2D eigenvalue weighted by Crippen LogP contribution is -2.10. The van der Waals surface area contributed by atoms with Gasteiger partial charge in [-0.3, -0.25) is 0 Å². The molecule has 2 aromatic heterocycles. The van der Waals surface area contributed by atoms with E-state index in [0.717, 1.165) is 94.4 Å². The van der Waals surface area contributed by atoms with E-state index in [1.54, 1.807) is 0 Å². The largest absolute Gasteiger partial charge is 0.455 e. The topological polar surface area (TPSA) is 80.3 Å². The van der Waals surface area contributed by atoms with E-state index in [-0.39, 0.29) is 0 Å². The van der Waals surface area contributed by atoms with Gasteiger partial charge in [0.2, 0.25) is 0 Å². The molecule has 0 radical (unpaired) electrons. The molecule has 0 bridgehead atoms. The van der Waals surface area contributed by atoms with Gasteiger partial charge in [-0.2, -0.15) is 10.5 Å². The lowest BCUT2D eigenvalue weighted by atomic mass is 9.94. The summed E-state index contributed by atoms with van der Waals surface area (Å²) in [5, 5.41) is 26.4. The van der Waals surface area contributed by atoms with E-state index in [1.807, 2.05) is 36.4 Å². The van der Waals surface area contributed by atoms with E-state index in [9.17, 15) is 10.5 Å². The number of furan rings is 2. The van der Waals surface area contributed by atoms with Crippen LogP contribution in [0.1, 0.15) is 22.3 Å². The molecule has 68 heavy (non-hydrogen) atoms. The van der Waals surface area contributed by atoms with Gasteiger partial charge in [-0.05, 0) is 138 Å². The predicted molar refractivity (Wildman–Crippen MR) is 278 cm³/mol. The zero-order valence-electron chi connectivity index (χ0n) is 37.2. The van der Waals surface area contributed by atoms with E-state index in [0.29, 0.717) is 38.8 Å². The normalized spacial score (nSPS) is 11.4. The molecule has 0 amide bonds. The molecule has 0 spiro atoms. The summed E-state index contributed by atoms with van der Waals surface area (Å²) < 4.78 is 13.4. The molecular formula is C62H40N4O2. The zero-order valence-corrected chi connectivity index (χ0v) is 37.2. The fourth-order valence-electron chi connectivity index (χ4n) is 9.79. The highest BCUT2D eigenvalue weighted by Crippen LogP contribution is 2.45. The van der Waals surface area contributed by atoms with E-state index in [2.05, 4.69) is 206 Å². The van der Waals surface area contributed by atoms with Crippen molar-refractivity contribution in [3.05, 3.63) is 229 Å². The number of benzene rings is 10. The van der Waals surface area contributed by atoms with E-state index < -0.39 is 0 Å². The molecule has 12 aromatic rings. The third kappa shape index (κ3) is 6.80. The number of anilines is 6. The number of rotatable bonds is 8. The van der Waals surface area contributed by atoms with Gasteiger partial charge in [0, 0.05) is 73.2 Å². The van der Waals surface area contributed by atoms with Crippen LogP contribution in [0.15, 0.2) is 215 Å². The Morgan fingerprint density at radius 3 is 1.13 bits per heavy atom. The van der Waals surface area contributed by atoms with Crippen molar-refractivity contribution in [2.45, 2.75) is 13.8 Å². The summed E-state index contributed by atoms with van der Waals surface area (Å²) in [6, 6.07) is 76.1. The van der Waals surface area contributed by atoms with Crippen LogP contribution in [0.4, 0.5) is 34.1 Å². The molecule has 0 saturated carbocycles. The van der Waals surface area contributed by atoms with Crippen LogP contribution in [0.2, 0.25) is 0 Å². The number of hydrogen-bond donors (Lipinski definition) is 0. The van der Waals surface area contributed by atoms with Crippen molar-refractivity contribution in [2.24, 2.45) is 0 Å². The van der Waals surface area contributed by atoms with Gasteiger partial charge < -0.3 is 18.6 Å². The Morgan fingerprint density at radius 2 is 0.735 bits per heavy atom. The maximum absolute atomic E-state index is 10.9. The minimum absolute atomic E-state index is 0.298. The van der Waals surface area contributed by atoms with Crippen molar-refractivity contribution in [1.82, 2.24) is 0 Å². The molecule has 2 heterocycles. The SMILES string of the molecule is Cc1cccc(N(c2ccc(-c3ccccc3)cc2)c2ccc3c(c2)oc2c(C#N)c4c(C#N)c5oc6cc(N(c7ccc(-c8ccccc8)cc7)c7cccc(C)c7)ccc6c5cc4cc23)c1. The van der Waals surface area contributed by atoms with Crippen LogP contribution in [0.3, 0.4) is 0 Å². The molecule has 0 aliphatic carbocycles. The Kier molecular flexibility index (Phi) is 9.61. The molecule has 6 heteroatoms. The monoisotopic (exact) mass is 872 g/mol. The molecular weight excluding hydrogens is 833 g/mol. The molecule has 12 rings (SSSR count). The molecule has 6 nitrogen and oxygen atoms in total. The van der Waals surface area contributed by atoms with Crippen molar-refractivity contribution in [3.63, 3.8) is 0 Å². The third-order valence-corrected chi connectivity index (χ3v) is 13.0. The standard InChI is InChI=1S/C62H40N4O2/c1-39-11-9-17-48(31-39)65(46-23-19-43(20-24-46)41-13-5-3-6-14-41)50-27-29-52-54-33-45-34-55-53-30-28-51(36-59(53)68-62(55)57(38-64)60(45)56(37-63)61(54)67-58(52)35-50)66(49-18-10-12-40(2)32-49)47-25-21-44(22-26-47)42-15-7-4-8-16-42/h3-36H,1-2H3. The third-order valence-electron chi connectivity index (χ3n) is 13.0. The molecule has 10 aromatic carbocycles. The summed E-state index contributed by atoms with van der Waals surface area (Å²) in [6.07, 6.45) is 0. The number of hydrogen-bond acceptors (Lipinski definition) is 6. The van der Waals surface area contributed by atoms with Gasteiger partial charge in [-0.15, -0.1) is 0 Å². The summed E-state index contributed by atoms with van der Waals surface area (Å²) in [4.78, 5) is 4.44. The maximum atomic E-state index is 10.9. The Hall–Kier alpha value is -9.36. The van der Waals surface area contributed by atoms with Gasteiger partial charge >= 0.3 is 0 Å². The highest BCUT2D eigenvalue weighted by atomic mass is 16.3. The van der Waals surface area contributed by atoms with Crippen LogP contribution in [-0.4, -0.2) is 0 Å². The molecule has 0 atom stereocenters. The van der Waals surface area contributed by atoms with Crippen molar-refractivity contribution in [2.75, 3.05) is 9.80 Å². The number of fused-ring (bicyclic) bond motifs is 7. The minimum Gasteiger partial charge on any atom is -0.455 e. The number of aryl methyl sites for hydroxylation is 2. The van der Waals surface area contributed by atoms with Crippen molar-refractivity contribution in [1.29, 1.82) is 10.5 Å². The molecule has 0 aliphatic heterocycles. The molecule has 0 saturated heterocycles. The summed E-state index contributed by atoms with van der Waals surface area (Å²) in [7, 11) is 0. The lowest BCUT2D eigenvalue weighted by Gasteiger charge is -2.26. The van der Waals surface area contributed by atoms with E-state index in [1.165, 1.54) is 0 Å².